The largest absolute Gasteiger partial charge is 0.352 e. The van der Waals surface area contributed by atoms with Gasteiger partial charge in [0.2, 0.25) is 6.41 Å². The third kappa shape index (κ3) is 5.80. The highest BCUT2D eigenvalue weighted by molar-refractivity contribution is 6.33. The third-order valence-corrected chi connectivity index (χ3v) is 7.32. The van der Waals surface area contributed by atoms with Gasteiger partial charge < -0.3 is 19.6 Å². The van der Waals surface area contributed by atoms with E-state index in [1.807, 2.05) is 36.9 Å². The predicted molar refractivity (Wildman–Crippen MR) is 144 cm³/mol. The highest BCUT2D eigenvalue weighted by atomic mass is 35.5. The summed E-state index contributed by atoms with van der Waals surface area (Å²) in [5.41, 5.74) is 1.35. The van der Waals surface area contributed by atoms with Gasteiger partial charge in [-0.25, -0.2) is 4.39 Å². The van der Waals surface area contributed by atoms with Crippen LogP contribution in [0.4, 0.5) is 16.0 Å². The Morgan fingerprint density at radius 1 is 1.16 bits per heavy atom. The van der Waals surface area contributed by atoms with Crippen molar-refractivity contribution in [3.8, 4) is 11.3 Å². The summed E-state index contributed by atoms with van der Waals surface area (Å²) in [5.74, 6) is -0.0597. The molecule has 1 saturated carbocycles. The standard InChI is InChI=1S/C28H32ClFN4O3/c1-3-33(4-2)28-26(25(32-37-28)24-22(29)14-9-15-23(24)30)34(18-35)21-13-8-10-19(16-21)17-31-27(36)20-11-6-5-7-12-20/h5-7,9,11-12,14-15,18-19,21H,3-4,8,10,13,16-17H2,1-2H3,(H,31,36). The molecule has 1 aromatic heterocycles. The van der Waals surface area contributed by atoms with E-state index < -0.39 is 5.82 Å². The number of rotatable bonds is 10. The molecule has 1 fully saturated rings. The number of nitrogens with one attached hydrogen (secondary N) is 1. The van der Waals surface area contributed by atoms with E-state index in [1.165, 1.54) is 12.1 Å². The molecule has 1 heterocycles. The minimum absolute atomic E-state index is 0.107. The van der Waals surface area contributed by atoms with Crippen molar-refractivity contribution in [1.29, 1.82) is 0 Å². The number of aromatic nitrogens is 1. The lowest BCUT2D eigenvalue weighted by molar-refractivity contribution is -0.108. The number of benzene rings is 2. The quantitative estimate of drug-likeness (QED) is 0.331. The van der Waals surface area contributed by atoms with Crippen LogP contribution >= 0.6 is 11.6 Å². The number of carbonyl (C=O) groups is 2. The van der Waals surface area contributed by atoms with Gasteiger partial charge in [0.15, 0.2) is 0 Å². The molecule has 37 heavy (non-hydrogen) atoms. The first-order valence-electron chi connectivity index (χ1n) is 12.7. The number of amides is 2. The molecule has 196 valence electrons. The molecule has 1 N–H and O–H groups in total. The van der Waals surface area contributed by atoms with Crippen LogP contribution in [0.15, 0.2) is 53.1 Å². The lowest BCUT2D eigenvalue weighted by Gasteiger charge is -2.36. The van der Waals surface area contributed by atoms with E-state index in [0.29, 0.717) is 43.2 Å². The first-order valence-corrected chi connectivity index (χ1v) is 13.1. The number of halogens is 2. The molecule has 0 saturated heterocycles. The molecule has 1 aliphatic rings. The summed E-state index contributed by atoms with van der Waals surface area (Å²) >= 11 is 6.39. The van der Waals surface area contributed by atoms with E-state index in [-0.39, 0.29) is 34.1 Å². The van der Waals surface area contributed by atoms with E-state index in [2.05, 4.69) is 10.5 Å². The maximum atomic E-state index is 15.0. The summed E-state index contributed by atoms with van der Waals surface area (Å²) < 4.78 is 20.7. The lowest BCUT2D eigenvalue weighted by atomic mass is 9.84. The zero-order valence-corrected chi connectivity index (χ0v) is 21.9. The molecule has 2 atom stereocenters. The Hall–Kier alpha value is -3.39. The first-order chi connectivity index (χ1) is 18.0. The molecule has 2 unspecified atom stereocenters. The van der Waals surface area contributed by atoms with Crippen LogP contribution in [0.5, 0.6) is 0 Å². The molecular weight excluding hydrogens is 495 g/mol. The van der Waals surface area contributed by atoms with Crippen molar-refractivity contribution in [3.63, 3.8) is 0 Å². The molecule has 7 nitrogen and oxygen atoms in total. The molecule has 0 bridgehead atoms. The summed E-state index contributed by atoms with van der Waals surface area (Å²) in [6.45, 7) is 5.70. The van der Waals surface area contributed by atoms with E-state index in [9.17, 15) is 14.0 Å². The minimum Gasteiger partial charge on any atom is -0.352 e. The molecule has 2 aromatic carbocycles. The van der Waals surface area contributed by atoms with Gasteiger partial charge in [0.05, 0.1) is 10.6 Å². The van der Waals surface area contributed by atoms with Crippen molar-refractivity contribution in [3.05, 3.63) is 64.9 Å². The zero-order valence-electron chi connectivity index (χ0n) is 21.1. The van der Waals surface area contributed by atoms with Crippen LogP contribution in [0.1, 0.15) is 49.9 Å². The Morgan fingerprint density at radius 3 is 2.59 bits per heavy atom. The zero-order chi connectivity index (χ0) is 26.4. The van der Waals surface area contributed by atoms with E-state index >= 15 is 0 Å². The first kappa shape index (κ1) is 26.7. The van der Waals surface area contributed by atoms with Gasteiger partial charge in [-0.3, -0.25) is 9.59 Å². The second kappa shape index (κ2) is 12.2. The summed E-state index contributed by atoms with van der Waals surface area (Å²) in [5, 5.41) is 7.42. The van der Waals surface area contributed by atoms with Crippen LogP contribution in [0.2, 0.25) is 5.02 Å². The van der Waals surface area contributed by atoms with Crippen molar-refractivity contribution in [2.75, 3.05) is 29.4 Å². The van der Waals surface area contributed by atoms with Crippen molar-refractivity contribution in [2.45, 2.75) is 45.6 Å². The van der Waals surface area contributed by atoms with E-state index in [0.717, 1.165) is 25.7 Å². The monoisotopic (exact) mass is 526 g/mol. The third-order valence-electron chi connectivity index (χ3n) is 7.01. The Balaban J connectivity index is 1.62. The van der Waals surface area contributed by atoms with Crippen LogP contribution in [-0.2, 0) is 4.79 Å². The van der Waals surface area contributed by atoms with Crippen molar-refractivity contribution in [2.24, 2.45) is 5.92 Å². The van der Waals surface area contributed by atoms with Crippen LogP contribution in [0.3, 0.4) is 0 Å². The van der Waals surface area contributed by atoms with Crippen molar-refractivity contribution >= 4 is 35.5 Å². The van der Waals surface area contributed by atoms with Crippen LogP contribution in [0.25, 0.3) is 11.3 Å². The molecule has 1 aliphatic carbocycles. The van der Waals surface area contributed by atoms with Crippen molar-refractivity contribution in [1.82, 2.24) is 10.5 Å². The number of hydrogen-bond donors (Lipinski definition) is 1. The molecule has 0 aliphatic heterocycles. The van der Waals surface area contributed by atoms with Gasteiger partial charge in [-0.1, -0.05) is 47.4 Å². The molecule has 9 heteroatoms. The SMILES string of the molecule is CCN(CC)c1onc(-c2c(F)cccc2Cl)c1N(C=O)C1CCCC(CNC(=O)c2ccccc2)C1. The average Bonchev–Trinajstić information content (AvgIpc) is 3.33. The summed E-state index contributed by atoms with van der Waals surface area (Å²) in [7, 11) is 0. The summed E-state index contributed by atoms with van der Waals surface area (Å²) in [6, 6.07) is 13.4. The highest BCUT2D eigenvalue weighted by Crippen LogP contribution is 2.44. The van der Waals surface area contributed by atoms with Gasteiger partial charge in [-0.15, -0.1) is 0 Å². The van der Waals surface area contributed by atoms with Gasteiger partial charge in [0.1, 0.15) is 17.2 Å². The minimum atomic E-state index is -0.538. The fraction of sp³-hybridized carbons (Fsp3) is 0.393. The summed E-state index contributed by atoms with van der Waals surface area (Å²) in [4.78, 5) is 28.7. The van der Waals surface area contributed by atoms with Crippen LogP contribution < -0.4 is 15.1 Å². The fourth-order valence-corrected chi connectivity index (χ4v) is 5.32. The molecule has 4 rings (SSSR count). The van der Waals surface area contributed by atoms with Crippen LogP contribution in [-0.4, -0.2) is 43.2 Å². The maximum absolute atomic E-state index is 15.0. The smallest absolute Gasteiger partial charge is 0.251 e. The highest BCUT2D eigenvalue weighted by Gasteiger charge is 2.35. The Bertz CT molecular complexity index is 1200. The molecule has 2 amide bonds. The van der Waals surface area contributed by atoms with Crippen molar-refractivity contribution < 1.29 is 18.5 Å². The number of nitrogens with zero attached hydrogens (tertiary/aromatic N) is 3. The van der Waals surface area contributed by atoms with Crippen LogP contribution in [0, 0.1) is 11.7 Å². The summed E-state index contributed by atoms with van der Waals surface area (Å²) in [6.07, 6.45) is 4.06. The Labute approximate surface area is 221 Å². The second-order valence-electron chi connectivity index (χ2n) is 9.23. The number of hydrogen-bond acceptors (Lipinski definition) is 5. The number of anilines is 2. The molecule has 0 radical (unpaired) electrons. The number of carbonyl (C=O) groups excluding carboxylic acids is 2. The van der Waals surface area contributed by atoms with Gasteiger partial charge in [0, 0.05) is 31.2 Å². The van der Waals surface area contributed by atoms with E-state index in [4.69, 9.17) is 16.1 Å². The molecule has 0 spiro atoms. The van der Waals surface area contributed by atoms with E-state index in [1.54, 1.807) is 23.1 Å². The second-order valence-corrected chi connectivity index (χ2v) is 9.64. The maximum Gasteiger partial charge on any atom is 0.251 e. The van der Waals surface area contributed by atoms with Gasteiger partial charge in [-0.2, -0.15) is 0 Å². The average molecular weight is 527 g/mol. The lowest BCUT2D eigenvalue weighted by Crippen LogP contribution is -2.41. The predicted octanol–water partition coefficient (Wildman–Crippen LogP) is 5.93. The Morgan fingerprint density at radius 2 is 1.92 bits per heavy atom. The van der Waals surface area contributed by atoms with Gasteiger partial charge >= 0.3 is 0 Å². The topological polar surface area (TPSA) is 78.7 Å². The molecule has 3 aromatic rings. The van der Waals surface area contributed by atoms with Gasteiger partial charge in [-0.05, 0) is 63.3 Å². The molecular formula is C28H32ClFN4O3. The fourth-order valence-electron chi connectivity index (χ4n) is 5.07. The Kier molecular flexibility index (Phi) is 8.82. The normalized spacial score (nSPS) is 17.3. The van der Waals surface area contributed by atoms with Gasteiger partial charge in [0.25, 0.3) is 11.8 Å².